The van der Waals surface area contributed by atoms with Crippen LogP contribution in [0.3, 0.4) is 0 Å². The Kier molecular flexibility index (Phi) is 5.98. The van der Waals surface area contributed by atoms with Gasteiger partial charge in [0.15, 0.2) is 0 Å². The van der Waals surface area contributed by atoms with Gasteiger partial charge in [0.05, 0.1) is 13.2 Å². The summed E-state index contributed by atoms with van der Waals surface area (Å²) >= 11 is 0. The van der Waals surface area contributed by atoms with Crippen LogP contribution in [-0.2, 0) is 11.2 Å². The van der Waals surface area contributed by atoms with Crippen LogP contribution in [0, 0.1) is 0 Å². The molecule has 0 saturated heterocycles. The number of benzene rings is 2. The third-order valence-corrected chi connectivity index (χ3v) is 3.49. The Labute approximate surface area is 130 Å². The first kappa shape index (κ1) is 16.0. The fraction of sp³-hybridized carbons (Fsp3) is 0.278. The lowest BCUT2D eigenvalue weighted by Crippen LogP contribution is -2.28. The van der Waals surface area contributed by atoms with Gasteiger partial charge in [-0.05, 0) is 23.6 Å². The predicted octanol–water partition coefficient (Wildman–Crippen LogP) is 2.48. The number of carbonyl (C=O) groups excluding carboxylic acids is 1. The van der Waals surface area contributed by atoms with Crippen LogP contribution in [0.2, 0.25) is 0 Å². The van der Waals surface area contributed by atoms with Crippen molar-refractivity contribution in [1.29, 1.82) is 0 Å². The van der Waals surface area contributed by atoms with Gasteiger partial charge in [0.2, 0.25) is 5.91 Å². The van der Waals surface area contributed by atoms with Crippen LogP contribution in [0.5, 0.6) is 5.75 Å². The van der Waals surface area contributed by atoms with Crippen molar-refractivity contribution in [2.24, 2.45) is 0 Å². The number of aliphatic hydroxyl groups excluding tert-OH is 1. The summed E-state index contributed by atoms with van der Waals surface area (Å²) in [7, 11) is 1.62. The molecule has 4 nitrogen and oxygen atoms in total. The van der Waals surface area contributed by atoms with E-state index in [0.29, 0.717) is 12.8 Å². The zero-order valence-electron chi connectivity index (χ0n) is 12.7. The van der Waals surface area contributed by atoms with Crippen molar-refractivity contribution in [3.63, 3.8) is 0 Å². The molecule has 0 saturated carbocycles. The van der Waals surface area contributed by atoms with E-state index in [-0.39, 0.29) is 12.5 Å². The lowest BCUT2D eigenvalue weighted by Gasteiger charge is -2.12. The van der Waals surface area contributed by atoms with Gasteiger partial charge in [0.1, 0.15) is 5.75 Å². The highest BCUT2D eigenvalue weighted by molar-refractivity contribution is 5.76. The number of nitrogens with one attached hydrogen (secondary N) is 1. The molecular weight excluding hydrogens is 278 g/mol. The minimum Gasteiger partial charge on any atom is -0.496 e. The summed E-state index contributed by atoms with van der Waals surface area (Å²) in [6, 6.07) is 17.0. The zero-order valence-corrected chi connectivity index (χ0v) is 12.7. The summed E-state index contributed by atoms with van der Waals surface area (Å²) in [5, 5.41) is 12.8. The molecule has 1 unspecified atom stereocenters. The van der Waals surface area contributed by atoms with E-state index in [1.54, 1.807) is 7.11 Å². The number of rotatable bonds is 7. The van der Waals surface area contributed by atoms with Gasteiger partial charge in [-0.3, -0.25) is 4.79 Å². The molecule has 4 heteroatoms. The van der Waals surface area contributed by atoms with E-state index < -0.39 is 6.10 Å². The molecule has 1 atom stereocenters. The van der Waals surface area contributed by atoms with Gasteiger partial charge in [-0.2, -0.15) is 0 Å². The average molecular weight is 299 g/mol. The second-order valence-corrected chi connectivity index (χ2v) is 5.04. The van der Waals surface area contributed by atoms with Crippen LogP contribution in [0.25, 0.3) is 0 Å². The number of carbonyl (C=O) groups is 1. The average Bonchev–Trinajstić information content (AvgIpc) is 2.58. The number of hydrogen-bond acceptors (Lipinski definition) is 3. The second kappa shape index (κ2) is 8.20. The standard InChI is InChI=1S/C18H21NO3/c1-22-17-10-6-5-9-15(17)11-12-18(21)19-13-16(20)14-7-3-2-4-8-14/h2-10,16,20H,11-13H2,1H3,(H,19,21). The van der Waals surface area contributed by atoms with Crippen molar-refractivity contribution < 1.29 is 14.6 Å². The van der Waals surface area contributed by atoms with E-state index in [1.165, 1.54) is 0 Å². The van der Waals surface area contributed by atoms with Crippen LogP contribution in [-0.4, -0.2) is 24.7 Å². The maximum Gasteiger partial charge on any atom is 0.220 e. The number of ether oxygens (including phenoxy) is 1. The van der Waals surface area contributed by atoms with Gasteiger partial charge in [-0.15, -0.1) is 0 Å². The van der Waals surface area contributed by atoms with Crippen LogP contribution < -0.4 is 10.1 Å². The Balaban J connectivity index is 1.79. The van der Waals surface area contributed by atoms with E-state index in [1.807, 2.05) is 54.6 Å². The highest BCUT2D eigenvalue weighted by Crippen LogP contribution is 2.18. The number of methoxy groups -OCH3 is 1. The number of aryl methyl sites for hydroxylation is 1. The maximum absolute atomic E-state index is 11.9. The molecule has 0 bridgehead atoms. The van der Waals surface area contributed by atoms with Crippen LogP contribution in [0.15, 0.2) is 54.6 Å². The minimum absolute atomic E-state index is 0.0825. The molecule has 0 aliphatic heterocycles. The molecule has 0 aromatic heterocycles. The second-order valence-electron chi connectivity index (χ2n) is 5.04. The van der Waals surface area contributed by atoms with E-state index in [0.717, 1.165) is 16.9 Å². The third-order valence-electron chi connectivity index (χ3n) is 3.49. The first-order chi connectivity index (χ1) is 10.7. The summed E-state index contributed by atoms with van der Waals surface area (Å²) in [6.45, 7) is 0.217. The van der Waals surface area contributed by atoms with Crippen molar-refractivity contribution in [2.75, 3.05) is 13.7 Å². The first-order valence-electron chi connectivity index (χ1n) is 7.32. The predicted molar refractivity (Wildman–Crippen MR) is 85.7 cm³/mol. The molecule has 0 fully saturated rings. The largest absolute Gasteiger partial charge is 0.496 e. The Bertz CT molecular complexity index is 598. The first-order valence-corrected chi connectivity index (χ1v) is 7.32. The fourth-order valence-electron chi connectivity index (χ4n) is 2.25. The van der Waals surface area contributed by atoms with Crippen molar-refractivity contribution in [3.05, 3.63) is 65.7 Å². The normalized spacial score (nSPS) is 11.7. The molecule has 1 amide bonds. The van der Waals surface area contributed by atoms with Gasteiger partial charge in [-0.1, -0.05) is 48.5 Å². The SMILES string of the molecule is COc1ccccc1CCC(=O)NCC(O)c1ccccc1. The van der Waals surface area contributed by atoms with Crippen LogP contribution in [0.1, 0.15) is 23.7 Å². The summed E-state index contributed by atoms with van der Waals surface area (Å²) in [4.78, 5) is 11.9. The Morgan fingerprint density at radius 3 is 2.55 bits per heavy atom. The Morgan fingerprint density at radius 2 is 1.82 bits per heavy atom. The molecule has 2 aromatic carbocycles. The summed E-state index contributed by atoms with van der Waals surface area (Å²) < 4.78 is 5.26. The minimum atomic E-state index is -0.684. The lowest BCUT2D eigenvalue weighted by atomic mass is 10.1. The van der Waals surface area contributed by atoms with E-state index in [4.69, 9.17) is 4.74 Å². The number of hydrogen-bond donors (Lipinski definition) is 2. The van der Waals surface area contributed by atoms with E-state index >= 15 is 0 Å². The van der Waals surface area contributed by atoms with E-state index in [9.17, 15) is 9.90 Å². The molecule has 2 rings (SSSR count). The van der Waals surface area contributed by atoms with Crippen molar-refractivity contribution >= 4 is 5.91 Å². The third kappa shape index (κ3) is 4.60. The molecular formula is C18H21NO3. The molecule has 0 heterocycles. The molecule has 116 valence electrons. The van der Waals surface area contributed by atoms with Crippen molar-refractivity contribution in [2.45, 2.75) is 18.9 Å². The summed E-state index contributed by atoms with van der Waals surface area (Å²) in [6.07, 6.45) is 0.288. The molecule has 0 aliphatic rings. The highest BCUT2D eigenvalue weighted by atomic mass is 16.5. The van der Waals surface area contributed by atoms with Crippen molar-refractivity contribution in [3.8, 4) is 5.75 Å². The Hall–Kier alpha value is -2.33. The maximum atomic E-state index is 11.9. The molecule has 2 aromatic rings. The zero-order chi connectivity index (χ0) is 15.8. The summed E-state index contributed by atoms with van der Waals surface area (Å²) in [5.74, 6) is 0.709. The van der Waals surface area contributed by atoms with Crippen LogP contribution >= 0.6 is 0 Å². The lowest BCUT2D eigenvalue weighted by molar-refractivity contribution is -0.121. The van der Waals surface area contributed by atoms with Gasteiger partial charge >= 0.3 is 0 Å². The monoisotopic (exact) mass is 299 g/mol. The van der Waals surface area contributed by atoms with E-state index in [2.05, 4.69) is 5.32 Å². The molecule has 0 radical (unpaired) electrons. The fourth-order valence-corrected chi connectivity index (χ4v) is 2.25. The van der Waals surface area contributed by atoms with Crippen molar-refractivity contribution in [1.82, 2.24) is 5.32 Å². The topological polar surface area (TPSA) is 58.6 Å². The molecule has 0 aliphatic carbocycles. The van der Waals surface area contributed by atoms with Gasteiger partial charge in [0, 0.05) is 13.0 Å². The number of aliphatic hydroxyl groups is 1. The summed E-state index contributed by atoms with van der Waals surface area (Å²) in [5.41, 5.74) is 1.80. The van der Waals surface area contributed by atoms with Gasteiger partial charge < -0.3 is 15.2 Å². The Morgan fingerprint density at radius 1 is 1.14 bits per heavy atom. The number of amides is 1. The number of para-hydroxylation sites is 1. The van der Waals surface area contributed by atoms with Gasteiger partial charge in [0.25, 0.3) is 0 Å². The highest BCUT2D eigenvalue weighted by Gasteiger charge is 2.10. The molecule has 0 spiro atoms. The quantitative estimate of drug-likeness (QED) is 0.826. The molecule has 22 heavy (non-hydrogen) atoms. The van der Waals surface area contributed by atoms with Gasteiger partial charge in [-0.25, -0.2) is 0 Å². The van der Waals surface area contributed by atoms with Crippen LogP contribution in [0.4, 0.5) is 0 Å². The molecule has 2 N–H and O–H groups in total. The smallest absolute Gasteiger partial charge is 0.220 e.